The summed E-state index contributed by atoms with van der Waals surface area (Å²) in [5.41, 5.74) is 0. The average Bonchev–Trinajstić information content (AvgIpc) is 2.90. The number of fused-ring (bicyclic) bond motifs is 4. The lowest BCUT2D eigenvalue weighted by Crippen LogP contribution is -2.57. The maximum atomic E-state index is 12.8. The molecular weight excluding hydrogens is 352 g/mol. The number of nitrogens with zero attached hydrogens (tertiary/aromatic N) is 2. The molecule has 11 heteroatoms. The Morgan fingerprint density at radius 1 is 1.20 bits per heavy atom. The zero-order valence-corrected chi connectivity index (χ0v) is 14.4. The standard InChI is InChI=1S/C14H22N4O6S/c19-13(16-12-8-1-2-9(12)6-15-5-8)11-4-3-10-7-17(11)14(20)18(10)24-25(21,22)23/h8-12,15H,1-7H2,(H,16,19)(H,21,22,23)/t8?,9?,10-,11+,12?/m1/s1. The molecule has 4 fully saturated rings. The molecule has 1 aliphatic carbocycles. The third-order valence-corrected chi connectivity index (χ3v) is 6.19. The molecule has 4 rings (SSSR count). The Morgan fingerprint density at radius 3 is 2.52 bits per heavy atom. The van der Waals surface area contributed by atoms with E-state index in [4.69, 9.17) is 4.55 Å². The molecule has 0 aromatic rings. The number of hydrogen-bond acceptors (Lipinski definition) is 6. The molecule has 3 heterocycles. The average molecular weight is 374 g/mol. The number of hydrogen-bond donors (Lipinski definition) is 3. The Kier molecular flexibility index (Phi) is 4.13. The molecule has 3 amide bonds. The molecule has 3 N–H and O–H groups in total. The maximum absolute atomic E-state index is 12.8. The molecule has 1 saturated carbocycles. The van der Waals surface area contributed by atoms with Crippen LogP contribution >= 0.6 is 0 Å². The van der Waals surface area contributed by atoms with E-state index in [9.17, 15) is 18.0 Å². The van der Waals surface area contributed by atoms with E-state index in [1.165, 1.54) is 4.90 Å². The van der Waals surface area contributed by atoms with E-state index >= 15 is 0 Å². The van der Waals surface area contributed by atoms with Crippen LogP contribution < -0.4 is 10.6 Å². The molecular formula is C14H22N4O6S. The van der Waals surface area contributed by atoms with Crippen molar-refractivity contribution in [2.24, 2.45) is 11.8 Å². The van der Waals surface area contributed by atoms with Gasteiger partial charge in [0.15, 0.2) is 0 Å². The Morgan fingerprint density at radius 2 is 1.88 bits per heavy atom. The van der Waals surface area contributed by atoms with Crippen molar-refractivity contribution in [3.63, 3.8) is 0 Å². The highest BCUT2D eigenvalue weighted by Crippen LogP contribution is 2.35. The van der Waals surface area contributed by atoms with Crippen LogP contribution in [0.1, 0.15) is 25.7 Å². The van der Waals surface area contributed by atoms with Gasteiger partial charge in [-0.3, -0.25) is 9.35 Å². The highest BCUT2D eigenvalue weighted by atomic mass is 32.3. The Bertz CT molecular complexity index is 669. The summed E-state index contributed by atoms with van der Waals surface area (Å²) >= 11 is 0. The van der Waals surface area contributed by atoms with Gasteiger partial charge in [0.1, 0.15) is 6.04 Å². The van der Waals surface area contributed by atoms with Crippen molar-refractivity contribution in [1.82, 2.24) is 20.6 Å². The molecule has 0 aromatic heterocycles. The number of piperidine rings is 2. The first-order valence-electron chi connectivity index (χ1n) is 8.61. The van der Waals surface area contributed by atoms with E-state index in [0.717, 1.165) is 25.9 Å². The second-order valence-corrected chi connectivity index (χ2v) is 8.30. The van der Waals surface area contributed by atoms with E-state index in [1.54, 1.807) is 0 Å². The summed E-state index contributed by atoms with van der Waals surface area (Å²) in [5, 5.41) is 7.15. The summed E-state index contributed by atoms with van der Waals surface area (Å²) in [6.45, 7) is 2.01. The lowest BCUT2D eigenvalue weighted by Gasteiger charge is -2.35. The van der Waals surface area contributed by atoms with Crippen molar-refractivity contribution >= 4 is 22.3 Å². The molecule has 3 aliphatic heterocycles. The summed E-state index contributed by atoms with van der Waals surface area (Å²) in [7, 11) is -4.77. The van der Waals surface area contributed by atoms with Gasteiger partial charge >= 0.3 is 16.4 Å². The minimum absolute atomic E-state index is 0.134. The van der Waals surface area contributed by atoms with Gasteiger partial charge in [0.05, 0.1) is 6.04 Å². The predicted octanol–water partition coefficient (Wildman–Crippen LogP) is -0.896. The highest BCUT2D eigenvalue weighted by Gasteiger charge is 2.50. The fraction of sp³-hybridized carbons (Fsp3) is 0.857. The van der Waals surface area contributed by atoms with Gasteiger partial charge in [0.2, 0.25) is 5.91 Å². The number of nitrogens with one attached hydrogen (secondary N) is 2. The predicted molar refractivity (Wildman–Crippen MR) is 84.4 cm³/mol. The van der Waals surface area contributed by atoms with Crippen molar-refractivity contribution in [1.29, 1.82) is 0 Å². The van der Waals surface area contributed by atoms with Gasteiger partial charge in [0, 0.05) is 12.6 Å². The maximum Gasteiger partial charge on any atom is 0.418 e. The molecule has 140 valence electrons. The van der Waals surface area contributed by atoms with Crippen LogP contribution in [0.2, 0.25) is 0 Å². The van der Waals surface area contributed by atoms with Gasteiger partial charge in [-0.05, 0) is 50.6 Å². The van der Waals surface area contributed by atoms with Crippen LogP contribution in [-0.2, 0) is 19.5 Å². The lowest BCUT2D eigenvalue weighted by atomic mass is 9.92. The zero-order chi connectivity index (χ0) is 17.8. The largest absolute Gasteiger partial charge is 0.418 e. The van der Waals surface area contributed by atoms with Crippen LogP contribution in [0.15, 0.2) is 0 Å². The Labute approximate surface area is 145 Å². The van der Waals surface area contributed by atoms with E-state index in [2.05, 4.69) is 14.9 Å². The Hall–Kier alpha value is -1.43. The summed E-state index contributed by atoms with van der Waals surface area (Å²) in [6, 6.07) is -1.68. The first-order valence-corrected chi connectivity index (χ1v) is 9.98. The molecule has 0 radical (unpaired) electrons. The second-order valence-electron chi connectivity index (χ2n) is 7.30. The third-order valence-electron chi connectivity index (χ3n) is 5.85. The monoisotopic (exact) mass is 374 g/mol. The van der Waals surface area contributed by atoms with Gasteiger partial charge in [-0.2, -0.15) is 13.5 Å². The van der Waals surface area contributed by atoms with Gasteiger partial charge in [-0.25, -0.2) is 4.79 Å². The molecule has 2 unspecified atom stereocenters. The first-order chi connectivity index (χ1) is 11.8. The highest BCUT2D eigenvalue weighted by molar-refractivity contribution is 7.80. The number of amides is 3. The molecule has 0 aromatic carbocycles. The zero-order valence-electron chi connectivity index (χ0n) is 13.6. The molecule has 0 spiro atoms. The normalized spacial score (nSPS) is 37.5. The van der Waals surface area contributed by atoms with Crippen LogP contribution in [-0.4, -0.2) is 72.6 Å². The second kappa shape index (κ2) is 6.08. The van der Waals surface area contributed by atoms with Gasteiger partial charge in [-0.15, -0.1) is 4.28 Å². The van der Waals surface area contributed by atoms with Crippen LogP contribution in [0.25, 0.3) is 0 Å². The SMILES string of the molecule is O=C(NC1C2CCC1CNC2)[C@@H]1CC[C@@H]2CN1C(=O)N2OS(=O)(=O)O. The molecule has 4 aliphatic rings. The summed E-state index contributed by atoms with van der Waals surface area (Å²) in [5.74, 6) is 0.657. The number of carbonyl (C=O) groups excluding carboxylic acids is 2. The minimum Gasteiger partial charge on any atom is -0.351 e. The summed E-state index contributed by atoms with van der Waals surface area (Å²) in [6.07, 6.45) is 3.06. The molecule has 25 heavy (non-hydrogen) atoms. The van der Waals surface area contributed by atoms with Crippen LogP contribution in [0, 0.1) is 11.8 Å². The summed E-state index contributed by atoms with van der Waals surface area (Å²) < 4.78 is 35.0. The van der Waals surface area contributed by atoms with E-state index in [1.807, 2.05) is 0 Å². The number of carbonyl (C=O) groups is 2. The van der Waals surface area contributed by atoms with Gasteiger partial charge in [-0.1, -0.05) is 0 Å². The fourth-order valence-electron chi connectivity index (χ4n) is 4.68. The fourth-order valence-corrected chi connectivity index (χ4v) is 5.07. The smallest absolute Gasteiger partial charge is 0.351 e. The number of rotatable bonds is 4. The van der Waals surface area contributed by atoms with Crippen LogP contribution in [0.3, 0.4) is 0 Å². The van der Waals surface area contributed by atoms with Gasteiger partial charge in [0.25, 0.3) is 0 Å². The van der Waals surface area contributed by atoms with Crippen LogP contribution in [0.5, 0.6) is 0 Å². The van der Waals surface area contributed by atoms with Crippen LogP contribution in [0.4, 0.5) is 4.79 Å². The molecule has 4 atom stereocenters. The van der Waals surface area contributed by atoms with E-state index in [0.29, 0.717) is 29.7 Å². The van der Waals surface area contributed by atoms with Crippen molar-refractivity contribution in [2.75, 3.05) is 19.6 Å². The van der Waals surface area contributed by atoms with Crippen molar-refractivity contribution in [2.45, 2.75) is 43.8 Å². The lowest BCUT2D eigenvalue weighted by molar-refractivity contribution is -0.127. The molecule has 10 nitrogen and oxygen atoms in total. The van der Waals surface area contributed by atoms with Crippen molar-refractivity contribution in [3.8, 4) is 0 Å². The number of hydroxylamine groups is 2. The Balaban J connectivity index is 1.44. The molecule has 4 bridgehead atoms. The van der Waals surface area contributed by atoms with E-state index < -0.39 is 28.5 Å². The topological polar surface area (TPSA) is 128 Å². The minimum atomic E-state index is -4.77. The van der Waals surface area contributed by atoms with Gasteiger partial charge < -0.3 is 15.5 Å². The quantitative estimate of drug-likeness (QED) is 0.544. The third kappa shape index (κ3) is 3.09. The summed E-state index contributed by atoms with van der Waals surface area (Å²) in [4.78, 5) is 26.5. The van der Waals surface area contributed by atoms with Crippen molar-refractivity contribution < 1.29 is 26.8 Å². The van der Waals surface area contributed by atoms with E-state index in [-0.39, 0.29) is 18.5 Å². The van der Waals surface area contributed by atoms with Crippen molar-refractivity contribution in [3.05, 3.63) is 0 Å². The first kappa shape index (κ1) is 17.0. The number of urea groups is 1. The molecule has 3 saturated heterocycles.